The standard InChI is InChI=1S/C27H29N3O4S/c1-3-33-17-18-34-24-12-8-7-11-23(24)26(32)30-27(35)29-22-15-13-21(14-16-22)25(31)28-19(2)20-9-5-4-6-10-20/h4-16,19H,3,17-18H2,1-2H3,(H,28,31)(H2,29,30,32,35). The molecule has 182 valence electrons. The van der Waals surface area contributed by atoms with Crippen LogP contribution < -0.4 is 20.7 Å². The van der Waals surface area contributed by atoms with Gasteiger partial charge in [-0.05, 0) is 68.0 Å². The van der Waals surface area contributed by atoms with Crippen molar-refractivity contribution in [2.75, 3.05) is 25.1 Å². The SMILES string of the molecule is CCOCCOc1ccccc1C(=O)NC(=S)Nc1ccc(C(=O)NC(C)c2ccccc2)cc1. The average Bonchev–Trinajstić information content (AvgIpc) is 2.87. The van der Waals surface area contributed by atoms with E-state index in [-0.39, 0.29) is 23.0 Å². The van der Waals surface area contributed by atoms with Crippen LogP contribution >= 0.6 is 12.2 Å². The Bertz CT molecular complexity index is 1140. The summed E-state index contributed by atoms with van der Waals surface area (Å²) in [5.41, 5.74) is 2.56. The summed E-state index contributed by atoms with van der Waals surface area (Å²) in [6.07, 6.45) is 0. The van der Waals surface area contributed by atoms with Crippen LogP contribution in [0.5, 0.6) is 5.75 Å². The normalized spacial score (nSPS) is 11.3. The van der Waals surface area contributed by atoms with Gasteiger partial charge in [-0.2, -0.15) is 0 Å². The number of carbonyl (C=O) groups is 2. The first kappa shape index (κ1) is 25.9. The zero-order valence-electron chi connectivity index (χ0n) is 19.7. The van der Waals surface area contributed by atoms with Crippen LogP contribution in [0, 0.1) is 0 Å². The highest BCUT2D eigenvalue weighted by Crippen LogP contribution is 2.18. The molecule has 3 aromatic rings. The highest BCUT2D eigenvalue weighted by molar-refractivity contribution is 7.80. The van der Waals surface area contributed by atoms with Gasteiger partial charge in [0, 0.05) is 17.9 Å². The topological polar surface area (TPSA) is 88.7 Å². The van der Waals surface area contributed by atoms with Crippen molar-refractivity contribution in [3.05, 3.63) is 95.6 Å². The first-order chi connectivity index (χ1) is 17.0. The molecule has 0 saturated carbocycles. The molecular formula is C27H29N3O4S. The maximum absolute atomic E-state index is 12.7. The lowest BCUT2D eigenvalue weighted by Gasteiger charge is -2.15. The van der Waals surface area contributed by atoms with Gasteiger partial charge in [0.2, 0.25) is 0 Å². The molecule has 0 heterocycles. The third-order valence-corrected chi connectivity index (χ3v) is 5.30. The number of amides is 2. The summed E-state index contributed by atoms with van der Waals surface area (Å²) in [4.78, 5) is 25.3. The second kappa shape index (κ2) is 13.2. The lowest BCUT2D eigenvalue weighted by Crippen LogP contribution is -2.34. The second-order valence-corrected chi connectivity index (χ2v) is 8.04. The van der Waals surface area contributed by atoms with E-state index in [0.29, 0.717) is 42.4 Å². The van der Waals surface area contributed by atoms with E-state index in [4.69, 9.17) is 21.7 Å². The molecule has 0 bridgehead atoms. The Kier molecular flexibility index (Phi) is 9.77. The highest BCUT2D eigenvalue weighted by atomic mass is 32.1. The van der Waals surface area contributed by atoms with E-state index in [1.165, 1.54) is 0 Å². The van der Waals surface area contributed by atoms with E-state index in [1.54, 1.807) is 48.5 Å². The van der Waals surface area contributed by atoms with E-state index in [9.17, 15) is 9.59 Å². The summed E-state index contributed by atoms with van der Waals surface area (Å²) in [7, 11) is 0. The van der Waals surface area contributed by atoms with Gasteiger partial charge >= 0.3 is 0 Å². The van der Waals surface area contributed by atoms with Gasteiger partial charge < -0.3 is 20.1 Å². The lowest BCUT2D eigenvalue weighted by atomic mass is 10.1. The van der Waals surface area contributed by atoms with Crippen molar-refractivity contribution in [1.82, 2.24) is 10.6 Å². The molecule has 7 nitrogen and oxygen atoms in total. The van der Waals surface area contributed by atoms with Crippen molar-refractivity contribution in [3.63, 3.8) is 0 Å². The van der Waals surface area contributed by atoms with Crippen molar-refractivity contribution in [3.8, 4) is 5.75 Å². The van der Waals surface area contributed by atoms with Crippen LogP contribution in [0.25, 0.3) is 0 Å². The summed E-state index contributed by atoms with van der Waals surface area (Å²) < 4.78 is 10.9. The van der Waals surface area contributed by atoms with Crippen molar-refractivity contribution in [1.29, 1.82) is 0 Å². The molecule has 35 heavy (non-hydrogen) atoms. The third kappa shape index (κ3) is 7.91. The molecule has 0 saturated heterocycles. The second-order valence-electron chi connectivity index (χ2n) is 7.63. The number of rotatable bonds is 10. The number of anilines is 1. The molecular weight excluding hydrogens is 462 g/mol. The average molecular weight is 492 g/mol. The number of para-hydroxylation sites is 1. The molecule has 0 spiro atoms. The fraction of sp³-hybridized carbons (Fsp3) is 0.222. The van der Waals surface area contributed by atoms with Crippen molar-refractivity contribution in [2.24, 2.45) is 0 Å². The molecule has 0 aliphatic carbocycles. The van der Waals surface area contributed by atoms with Gasteiger partial charge in [-0.3, -0.25) is 14.9 Å². The Morgan fingerprint density at radius 2 is 1.57 bits per heavy atom. The number of hydrogen-bond acceptors (Lipinski definition) is 5. The number of thiocarbonyl (C=S) groups is 1. The van der Waals surface area contributed by atoms with E-state index >= 15 is 0 Å². The lowest BCUT2D eigenvalue weighted by molar-refractivity contribution is 0.0937. The molecule has 1 unspecified atom stereocenters. The first-order valence-electron chi connectivity index (χ1n) is 11.4. The van der Waals surface area contributed by atoms with Gasteiger partial charge in [0.1, 0.15) is 12.4 Å². The molecule has 0 aliphatic rings. The fourth-order valence-electron chi connectivity index (χ4n) is 3.28. The highest BCUT2D eigenvalue weighted by Gasteiger charge is 2.14. The molecule has 0 aliphatic heterocycles. The van der Waals surface area contributed by atoms with Gasteiger partial charge in [-0.15, -0.1) is 0 Å². The van der Waals surface area contributed by atoms with Crippen LogP contribution in [0.3, 0.4) is 0 Å². The minimum absolute atomic E-state index is 0.115. The van der Waals surface area contributed by atoms with Gasteiger partial charge in [-0.25, -0.2) is 0 Å². The molecule has 2 amide bonds. The number of hydrogen-bond donors (Lipinski definition) is 3. The maximum Gasteiger partial charge on any atom is 0.261 e. The Labute approximate surface area is 210 Å². The summed E-state index contributed by atoms with van der Waals surface area (Å²) in [6.45, 7) is 5.22. The van der Waals surface area contributed by atoms with E-state index in [1.807, 2.05) is 44.2 Å². The summed E-state index contributed by atoms with van der Waals surface area (Å²) in [5, 5.41) is 8.74. The smallest absolute Gasteiger partial charge is 0.261 e. The molecule has 8 heteroatoms. The Morgan fingerprint density at radius 1 is 0.886 bits per heavy atom. The van der Waals surface area contributed by atoms with Crippen molar-refractivity contribution < 1.29 is 19.1 Å². The van der Waals surface area contributed by atoms with Crippen LogP contribution in [0.15, 0.2) is 78.9 Å². The van der Waals surface area contributed by atoms with Crippen LogP contribution in [0.2, 0.25) is 0 Å². The van der Waals surface area contributed by atoms with Crippen LogP contribution in [0.4, 0.5) is 5.69 Å². The van der Waals surface area contributed by atoms with E-state index < -0.39 is 0 Å². The van der Waals surface area contributed by atoms with Crippen molar-refractivity contribution >= 4 is 34.8 Å². The van der Waals surface area contributed by atoms with E-state index in [0.717, 1.165) is 5.56 Å². The number of carbonyl (C=O) groups excluding carboxylic acids is 2. The molecule has 1 atom stereocenters. The quantitative estimate of drug-likeness (QED) is 0.281. The zero-order valence-corrected chi connectivity index (χ0v) is 20.6. The van der Waals surface area contributed by atoms with Crippen LogP contribution in [-0.2, 0) is 4.74 Å². The Morgan fingerprint density at radius 3 is 2.29 bits per heavy atom. The van der Waals surface area contributed by atoms with Crippen LogP contribution in [0.1, 0.15) is 46.2 Å². The fourth-order valence-corrected chi connectivity index (χ4v) is 3.49. The van der Waals surface area contributed by atoms with Crippen molar-refractivity contribution in [2.45, 2.75) is 19.9 Å². The molecule has 0 fully saturated rings. The minimum atomic E-state index is -0.389. The van der Waals surface area contributed by atoms with Gasteiger partial charge in [-0.1, -0.05) is 42.5 Å². The molecule has 0 aromatic heterocycles. The minimum Gasteiger partial charge on any atom is -0.490 e. The molecule has 3 rings (SSSR count). The maximum atomic E-state index is 12.7. The Hall–Kier alpha value is -3.75. The number of ether oxygens (including phenoxy) is 2. The predicted octanol–water partition coefficient (Wildman–Crippen LogP) is 4.72. The first-order valence-corrected chi connectivity index (χ1v) is 11.8. The monoisotopic (exact) mass is 491 g/mol. The summed E-state index contributed by atoms with van der Waals surface area (Å²) >= 11 is 5.29. The van der Waals surface area contributed by atoms with Crippen LogP contribution in [-0.4, -0.2) is 36.7 Å². The van der Waals surface area contributed by atoms with Gasteiger partial charge in [0.15, 0.2) is 5.11 Å². The van der Waals surface area contributed by atoms with E-state index in [2.05, 4.69) is 16.0 Å². The number of benzene rings is 3. The third-order valence-electron chi connectivity index (χ3n) is 5.10. The number of nitrogens with one attached hydrogen (secondary N) is 3. The van der Waals surface area contributed by atoms with Gasteiger partial charge in [0.25, 0.3) is 11.8 Å². The Balaban J connectivity index is 1.53. The molecule has 3 aromatic carbocycles. The summed E-state index contributed by atoms with van der Waals surface area (Å²) in [6, 6.07) is 23.4. The zero-order chi connectivity index (χ0) is 25.0. The summed E-state index contributed by atoms with van der Waals surface area (Å²) in [5.74, 6) is -0.113. The van der Waals surface area contributed by atoms with Gasteiger partial charge in [0.05, 0.1) is 18.2 Å². The largest absolute Gasteiger partial charge is 0.490 e. The molecule has 3 N–H and O–H groups in total. The predicted molar refractivity (Wildman–Crippen MR) is 141 cm³/mol. The molecule has 0 radical (unpaired) electrons.